The molecule has 5 heteroatoms. The van der Waals surface area contributed by atoms with Gasteiger partial charge in [0.1, 0.15) is 5.52 Å². The summed E-state index contributed by atoms with van der Waals surface area (Å²) in [4.78, 5) is 9.46. The molecular formula is C15H20N4O. The number of anilines is 1. The molecule has 1 aromatic carbocycles. The van der Waals surface area contributed by atoms with Gasteiger partial charge >= 0.3 is 0 Å². The van der Waals surface area contributed by atoms with Gasteiger partial charge in [-0.05, 0) is 30.5 Å². The van der Waals surface area contributed by atoms with Crippen LogP contribution in [0, 0.1) is 0 Å². The van der Waals surface area contributed by atoms with Crippen LogP contribution in [-0.4, -0.2) is 42.1 Å². The Kier molecular flexibility index (Phi) is 2.89. The van der Waals surface area contributed by atoms with Gasteiger partial charge in [-0.15, -0.1) is 0 Å². The van der Waals surface area contributed by atoms with E-state index in [-0.39, 0.29) is 0 Å². The highest BCUT2D eigenvalue weighted by Crippen LogP contribution is 2.29. The van der Waals surface area contributed by atoms with Crippen molar-refractivity contribution in [2.75, 3.05) is 31.1 Å². The number of nitrogens with two attached hydrogens (primary N) is 1. The van der Waals surface area contributed by atoms with Crippen LogP contribution >= 0.6 is 0 Å². The molecule has 2 aliphatic rings. The molecule has 0 bridgehead atoms. The first-order valence-corrected chi connectivity index (χ1v) is 7.42. The first kappa shape index (κ1) is 12.2. The smallest absolute Gasteiger partial charge is 0.298 e. The normalized spacial score (nSPS) is 20.8. The summed E-state index contributed by atoms with van der Waals surface area (Å²) in [5, 5.41) is 0. The Morgan fingerprint density at radius 3 is 2.70 bits per heavy atom. The van der Waals surface area contributed by atoms with Crippen LogP contribution in [0.15, 0.2) is 22.6 Å². The second-order valence-electron chi connectivity index (χ2n) is 5.76. The highest BCUT2D eigenvalue weighted by atomic mass is 16.4. The first-order valence-electron chi connectivity index (χ1n) is 7.42. The number of oxazole rings is 1. The van der Waals surface area contributed by atoms with Gasteiger partial charge in [-0.1, -0.05) is 6.07 Å². The molecular weight excluding hydrogens is 252 g/mol. The largest absolute Gasteiger partial charge is 0.423 e. The number of rotatable bonds is 3. The summed E-state index contributed by atoms with van der Waals surface area (Å²) >= 11 is 0. The molecule has 1 aromatic heterocycles. The molecule has 0 spiro atoms. The molecule has 1 aliphatic carbocycles. The van der Waals surface area contributed by atoms with Crippen LogP contribution in [0.4, 0.5) is 6.01 Å². The number of benzene rings is 1. The van der Waals surface area contributed by atoms with Gasteiger partial charge in [0.25, 0.3) is 6.01 Å². The van der Waals surface area contributed by atoms with Crippen molar-refractivity contribution in [2.45, 2.75) is 25.4 Å². The molecule has 106 valence electrons. The fourth-order valence-corrected chi connectivity index (χ4v) is 2.94. The summed E-state index contributed by atoms with van der Waals surface area (Å²) in [6.45, 7) is 4.80. The summed E-state index contributed by atoms with van der Waals surface area (Å²) < 4.78 is 5.87. The molecule has 0 amide bonds. The van der Waals surface area contributed by atoms with Crippen molar-refractivity contribution in [3.05, 3.63) is 23.8 Å². The fraction of sp³-hybridized carbons (Fsp3) is 0.533. The number of nitrogens with zero attached hydrogens (tertiary/aromatic N) is 3. The number of fused-ring (bicyclic) bond motifs is 1. The zero-order valence-electron chi connectivity index (χ0n) is 11.6. The van der Waals surface area contributed by atoms with E-state index in [1.165, 1.54) is 12.8 Å². The average molecular weight is 272 g/mol. The van der Waals surface area contributed by atoms with Gasteiger partial charge in [0, 0.05) is 38.8 Å². The van der Waals surface area contributed by atoms with Gasteiger partial charge in [0.2, 0.25) is 0 Å². The van der Waals surface area contributed by atoms with E-state index in [4.69, 9.17) is 10.2 Å². The van der Waals surface area contributed by atoms with E-state index in [9.17, 15) is 0 Å². The molecule has 20 heavy (non-hydrogen) atoms. The van der Waals surface area contributed by atoms with Gasteiger partial charge in [0.15, 0.2) is 5.58 Å². The molecule has 1 saturated heterocycles. The monoisotopic (exact) mass is 272 g/mol. The predicted molar refractivity (Wildman–Crippen MR) is 78.7 cm³/mol. The Hall–Kier alpha value is -1.59. The lowest BCUT2D eigenvalue weighted by molar-refractivity contribution is 0.244. The zero-order chi connectivity index (χ0) is 13.5. The van der Waals surface area contributed by atoms with Gasteiger partial charge in [0.05, 0.1) is 0 Å². The maximum Gasteiger partial charge on any atom is 0.298 e. The zero-order valence-corrected chi connectivity index (χ0v) is 11.6. The Bertz CT molecular complexity index is 611. The molecule has 2 fully saturated rings. The number of hydrogen-bond acceptors (Lipinski definition) is 5. The number of hydrogen-bond donors (Lipinski definition) is 1. The van der Waals surface area contributed by atoms with Crippen molar-refractivity contribution in [3.8, 4) is 0 Å². The van der Waals surface area contributed by atoms with Crippen LogP contribution in [0.2, 0.25) is 0 Å². The lowest BCUT2D eigenvalue weighted by Crippen LogP contribution is -2.47. The molecule has 0 radical (unpaired) electrons. The quantitative estimate of drug-likeness (QED) is 0.919. The molecule has 4 rings (SSSR count). The maximum absolute atomic E-state index is 5.87. The van der Waals surface area contributed by atoms with Crippen molar-refractivity contribution >= 4 is 17.1 Å². The van der Waals surface area contributed by atoms with Crippen molar-refractivity contribution in [2.24, 2.45) is 5.73 Å². The SMILES string of the molecule is NCc1ccc2oc(N3CCN(C4CC4)CC3)nc2c1. The van der Waals surface area contributed by atoms with Crippen molar-refractivity contribution < 1.29 is 4.42 Å². The van der Waals surface area contributed by atoms with Crippen LogP contribution in [0.3, 0.4) is 0 Å². The third-order valence-corrected chi connectivity index (χ3v) is 4.32. The third-order valence-electron chi connectivity index (χ3n) is 4.32. The minimum absolute atomic E-state index is 0.540. The number of aromatic nitrogens is 1. The Labute approximate surface area is 118 Å². The second kappa shape index (κ2) is 4.75. The minimum Gasteiger partial charge on any atom is -0.423 e. The number of piperazine rings is 1. The summed E-state index contributed by atoms with van der Waals surface area (Å²) in [7, 11) is 0. The van der Waals surface area contributed by atoms with Crippen molar-refractivity contribution in [1.82, 2.24) is 9.88 Å². The lowest BCUT2D eigenvalue weighted by Gasteiger charge is -2.33. The van der Waals surface area contributed by atoms with Crippen molar-refractivity contribution in [1.29, 1.82) is 0 Å². The third kappa shape index (κ3) is 2.17. The summed E-state index contributed by atoms with van der Waals surface area (Å²) in [6, 6.07) is 7.59. The summed E-state index contributed by atoms with van der Waals surface area (Å²) in [5.74, 6) is 0. The van der Waals surface area contributed by atoms with E-state index >= 15 is 0 Å². The molecule has 0 atom stereocenters. The summed E-state index contributed by atoms with van der Waals surface area (Å²) in [5.41, 5.74) is 8.52. The van der Waals surface area contributed by atoms with E-state index < -0.39 is 0 Å². The molecule has 0 unspecified atom stereocenters. The van der Waals surface area contributed by atoms with E-state index in [0.29, 0.717) is 6.54 Å². The van der Waals surface area contributed by atoms with Gasteiger partial charge < -0.3 is 15.1 Å². The highest BCUT2D eigenvalue weighted by molar-refractivity contribution is 5.75. The Morgan fingerprint density at radius 2 is 2.00 bits per heavy atom. The van der Waals surface area contributed by atoms with E-state index in [0.717, 1.165) is 54.9 Å². The van der Waals surface area contributed by atoms with Crippen LogP contribution in [0.1, 0.15) is 18.4 Å². The van der Waals surface area contributed by atoms with Gasteiger partial charge in [-0.2, -0.15) is 4.98 Å². The van der Waals surface area contributed by atoms with Gasteiger partial charge in [-0.3, -0.25) is 4.90 Å². The maximum atomic E-state index is 5.87. The average Bonchev–Trinajstić information content (AvgIpc) is 3.26. The second-order valence-corrected chi connectivity index (χ2v) is 5.76. The van der Waals surface area contributed by atoms with Gasteiger partial charge in [-0.25, -0.2) is 0 Å². The summed E-state index contributed by atoms with van der Waals surface area (Å²) in [6.07, 6.45) is 2.76. The van der Waals surface area contributed by atoms with E-state index in [2.05, 4.69) is 14.8 Å². The fourth-order valence-electron chi connectivity index (χ4n) is 2.94. The molecule has 2 N–H and O–H groups in total. The van der Waals surface area contributed by atoms with Crippen LogP contribution < -0.4 is 10.6 Å². The van der Waals surface area contributed by atoms with Crippen LogP contribution in [0.25, 0.3) is 11.1 Å². The highest BCUT2D eigenvalue weighted by Gasteiger charge is 2.32. The molecule has 5 nitrogen and oxygen atoms in total. The lowest BCUT2D eigenvalue weighted by atomic mass is 10.2. The molecule has 2 aromatic rings. The van der Waals surface area contributed by atoms with E-state index in [1.54, 1.807) is 0 Å². The predicted octanol–water partition coefficient (Wildman–Crippen LogP) is 1.57. The van der Waals surface area contributed by atoms with Crippen LogP contribution in [-0.2, 0) is 6.54 Å². The standard InChI is InChI=1S/C15H20N4O/c16-10-11-1-4-14-13(9-11)17-15(20-14)19-7-5-18(6-8-19)12-2-3-12/h1,4,9,12H,2-3,5-8,10,16H2. The molecule has 1 aliphatic heterocycles. The topological polar surface area (TPSA) is 58.5 Å². The first-order chi connectivity index (χ1) is 9.83. The minimum atomic E-state index is 0.540. The molecule has 2 heterocycles. The van der Waals surface area contributed by atoms with Crippen LogP contribution in [0.5, 0.6) is 0 Å². The van der Waals surface area contributed by atoms with E-state index in [1.807, 2.05) is 18.2 Å². The molecule has 1 saturated carbocycles. The Balaban J connectivity index is 1.53. The van der Waals surface area contributed by atoms with Crippen molar-refractivity contribution in [3.63, 3.8) is 0 Å². The Morgan fingerprint density at radius 1 is 1.20 bits per heavy atom.